The highest BCUT2D eigenvalue weighted by Crippen LogP contribution is 2.50. The highest BCUT2D eigenvalue weighted by molar-refractivity contribution is 8.19. The Morgan fingerprint density at radius 3 is 2.38 bits per heavy atom. The third-order valence-electron chi connectivity index (χ3n) is 5.96. The molecule has 6 rings (SSSR count). The molecule has 1 amide bonds. The van der Waals surface area contributed by atoms with Crippen LogP contribution < -0.4 is 4.90 Å². The monoisotopic (exact) mass is 479 g/mol. The minimum Gasteiger partial charge on any atom is -0.337 e. The second-order valence-corrected chi connectivity index (χ2v) is 10.1. The Labute approximate surface area is 207 Å². The molecule has 4 aromatic carbocycles. The zero-order valence-electron chi connectivity index (χ0n) is 18.5. The standard InChI is InChI=1S/C28H21N3OS2/c1-30-23-16-7-8-17-24(23)33-27(30)25-26(32)31(18-19-10-3-2-4-11-19)28(34-25)29-22-15-9-13-20-12-5-6-14-21(20)22/h2-17H,18H2,1H3/b27-25-,29-28-. The molecule has 4 aromatic rings. The van der Waals surface area contributed by atoms with E-state index in [1.54, 1.807) is 11.8 Å². The van der Waals surface area contributed by atoms with E-state index in [0.717, 1.165) is 42.5 Å². The average Bonchev–Trinajstić information content (AvgIpc) is 3.36. The fourth-order valence-electron chi connectivity index (χ4n) is 4.23. The van der Waals surface area contributed by atoms with Gasteiger partial charge in [0.05, 0.1) is 22.9 Å². The predicted molar refractivity (Wildman–Crippen MR) is 143 cm³/mol. The van der Waals surface area contributed by atoms with Gasteiger partial charge in [0.1, 0.15) is 4.91 Å². The molecule has 0 spiro atoms. The van der Waals surface area contributed by atoms with Crippen molar-refractivity contribution >= 4 is 56.7 Å². The number of amidine groups is 1. The number of benzene rings is 4. The molecular formula is C28H21N3OS2. The van der Waals surface area contributed by atoms with Crippen LogP contribution in [-0.4, -0.2) is 23.0 Å². The number of carbonyl (C=O) groups excluding carboxylic acids is 1. The van der Waals surface area contributed by atoms with E-state index >= 15 is 0 Å². The summed E-state index contributed by atoms with van der Waals surface area (Å²) in [6, 6.07) is 32.7. The number of nitrogens with zero attached hydrogens (tertiary/aromatic N) is 3. The second kappa shape index (κ2) is 8.70. The Kier molecular flexibility index (Phi) is 5.40. The van der Waals surface area contributed by atoms with Gasteiger partial charge < -0.3 is 4.90 Å². The van der Waals surface area contributed by atoms with Crippen LogP contribution in [0.15, 0.2) is 117 Å². The maximum absolute atomic E-state index is 13.8. The lowest BCUT2D eigenvalue weighted by Gasteiger charge is -2.17. The van der Waals surface area contributed by atoms with E-state index in [4.69, 9.17) is 4.99 Å². The summed E-state index contributed by atoms with van der Waals surface area (Å²) in [6.07, 6.45) is 0. The molecule has 0 unspecified atom stereocenters. The molecule has 0 bridgehead atoms. The number of para-hydroxylation sites is 1. The molecule has 166 valence electrons. The second-order valence-electron chi connectivity index (χ2n) is 8.13. The van der Waals surface area contributed by atoms with Crippen LogP contribution in [0.2, 0.25) is 0 Å². The topological polar surface area (TPSA) is 35.9 Å². The van der Waals surface area contributed by atoms with Gasteiger partial charge in [0.25, 0.3) is 5.91 Å². The van der Waals surface area contributed by atoms with Crippen molar-refractivity contribution in [3.05, 3.63) is 113 Å². The maximum Gasteiger partial charge on any atom is 0.269 e. The lowest BCUT2D eigenvalue weighted by Crippen LogP contribution is -2.29. The fourth-order valence-corrected chi connectivity index (χ4v) is 6.57. The van der Waals surface area contributed by atoms with Gasteiger partial charge in [0.15, 0.2) is 5.17 Å². The highest BCUT2D eigenvalue weighted by Gasteiger charge is 2.39. The first kappa shape index (κ1) is 21.1. The number of hydrogen-bond donors (Lipinski definition) is 0. The van der Waals surface area contributed by atoms with Crippen molar-refractivity contribution in [1.29, 1.82) is 0 Å². The van der Waals surface area contributed by atoms with Crippen molar-refractivity contribution in [3.63, 3.8) is 0 Å². The van der Waals surface area contributed by atoms with E-state index in [1.165, 1.54) is 11.8 Å². The highest BCUT2D eigenvalue weighted by atomic mass is 32.2. The van der Waals surface area contributed by atoms with E-state index in [-0.39, 0.29) is 5.91 Å². The van der Waals surface area contributed by atoms with Crippen LogP contribution in [-0.2, 0) is 11.3 Å². The Balaban J connectivity index is 1.45. The van der Waals surface area contributed by atoms with E-state index in [1.807, 2.05) is 78.7 Å². The SMILES string of the molecule is CN1/C(=C2/S/C(=N\c3cccc4ccccc34)N(Cc3ccccc3)C2=O)Sc2ccccc21. The summed E-state index contributed by atoms with van der Waals surface area (Å²) in [5.41, 5.74) is 3.06. The largest absolute Gasteiger partial charge is 0.337 e. The first-order chi connectivity index (χ1) is 16.7. The molecule has 34 heavy (non-hydrogen) atoms. The van der Waals surface area contributed by atoms with Crippen molar-refractivity contribution in [2.24, 2.45) is 4.99 Å². The molecule has 4 nitrogen and oxygen atoms in total. The number of hydrogen-bond acceptors (Lipinski definition) is 5. The summed E-state index contributed by atoms with van der Waals surface area (Å²) < 4.78 is 0. The number of fused-ring (bicyclic) bond motifs is 2. The van der Waals surface area contributed by atoms with Crippen molar-refractivity contribution in [3.8, 4) is 0 Å². The van der Waals surface area contributed by atoms with Crippen molar-refractivity contribution in [2.75, 3.05) is 11.9 Å². The Morgan fingerprint density at radius 1 is 0.794 bits per heavy atom. The number of anilines is 1. The van der Waals surface area contributed by atoms with Gasteiger partial charge in [-0.2, -0.15) is 0 Å². The molecule has 2 aliphatic heterocycles. The molecule has 1 fully saturated rings. The molecule has 1 saturated heterocycles. The number of thioether (sulfide) groups is 2. The van der Waals surface area contributed by atoms with Crippen molar-refractivity contribution in [2.45, 2.75) is 11.4 Å². The molecule has 0 aliphatic carbocycles. The van der Waals surface area contributed by atoms with Gasteiger partial charge in [-0.05, 0) is 40.9 Å². The van der Waals surface area contributed by atoms with Crippen molar-refractivity contribution in [1.82, 2.24) is 4.90 Å². The quantitative estimate of drug-likeness (QED) is 0.296. The maximum atomic E-state index is 13.8. The molecule has 0 aromatic heterocycles. The third kappa shape index (κ3) is 3.69. The molecular weight excluding hydrogens is 458 g/mol. The van der Waals surface area contributed by atoms with Crippen LogP contribution in [0, 0.1) is 0 Å². The summed E-state index contributed by atoms with van der Waals surface area (Å²) >= 11 is 3.11. The Bertz CT molecular complexity index is 1470. The van der Waals surface area contributed by atoms with Crippen LogP contribution in [0.1, 0.15) is 5.56 Å². The number of aliphatic imine (C=N–C) groups is 1. The summed E-state index contributed by atoms with van der Waals surface area (Å²) in [7, 11) is 2.02. The average molecular weight is 480 g/mol. The van der Waals surface area contributed by atoms with Crippen LogP contribution in [0.25, 0.3) is 10.8 Å². The minimum absolute atomic E-state index is 0.00463. The van der Waals surface area contributed by atoms with Gasteiger partial charge in [-0.1, -0.05) is 90.6 Å². The van der Waals surface area contributed by atoms with E-state index in [9.17, 15) is 4.79 Å². The molecule has 0 radical (unpaired) electrons. The molecule has 0 N–H and O–H groups in total. The van der Waals surface area contributed by atoms with Gasteiger partial charge in [-0.3, -0.25) is 9.69 Å². The molecule has 0 atom stereocenters. The van der Waals surface area contributed by atoms with Gasteiger partial charge in [0, 0.05) is 17.3 Å². The van der Waals surface area contributed by atoms with E-state index < -0.39 is 0 Å². The molecule has 2 heterocycles. The number of amides is 1. The van der Waals surface area contributed by atoms with Crippen LogP contribution in [0.3, 0.4) is 0 Å². The van der Waals surface area contributed by atoms with Gasteiger partial charge in [-0.25, -0.2) is 4.99 Å². The van der Waals surface area contributed by atoms with Gasteiger partial charge in [-0.15, -0.1) is 0 Å². The predicted octanol–water partition coefficient (Wildman–Crippen LogP) is 7.01. The van der Waals surface area contributed by atoms with Crippen LogP contribution in [0.5, 0.6) is 0 Å². The molecule has 2 aliphatic rings. The van der Waals surface area contributed by atoms with Crippen molar-refractivity contribution < 1.29 is 4.79 Å². The summed E-state index contributed by atoms with van der Waals surface area (Å²) in [5, 5.41) is 3.87. The number of rotatable bonds is 3. The molecule has 6 heteroatoms. The zero-order valence-corrected chi connectivity index (χ0v) is 20.1. The summed E-state index contributed by atoms with van der Waals surface area (Å²) in [5.74, 6) is -0.00463. The van der Waals surface area contributed by atoms with Crippen LogP contribution in [0.4, 0.5) is 11.4 Å². The minimum atomic E-state index is -0.00463. The smallest absolute Gasteiger partial charge is 0.269 e. The zero-order chi connectivity index (χ0) is 23.1. The lowest BCUT2D eigenvalue weighted by atomic mass is 10.1. The van der Waals surface area contributed by atoms with Gasteiger partial charge in [0.2, 0.25) is 0 Å². The Morgan fingerprint density at radius 2 is 1.53 bits per heavy atom. The van der Waals surface area contributed by atoms with Gasteiger partial charge >= 0.3 is 0 Å². The normalized spacial score (nSPS) is 18.9. The summed E-state index contributed by atoms with van der Waals surface area (Å²) in [4.78, 5) is 24.6. The van der Waals surface area contributed by atoms with E-state index in [2.05, 4.69) is 35.2 Å². The van der Waals surface area contributed by atoms with E-state index in [0.29, 0.717) is 11.7 Å². The van der Waals surface area contributed by atoms with Crippen LogP contribution >= 0.6 is 23.5 Å². The third-order valence-corrected chi connectivity index (χ3v) is 8.39. The Hall–Kier alpha value is -3.48. The first-order valence-electron chi connectivity index (χ1n) is 11.0. The fraction of sp³-hybridized carbons (Fsp3) is 0.0714. The summed E-state index contributed by atoms with van der Waals surface area (Å²) in [6.45, 7) is 0.481. The lowest BCUT2D eigenvalue weighted by molar-refractivity contribution is -0.122. The number of carbonyl (C=O) groups is 1. The molecule has 0 saturated carbocycles. The first-order valence-corrected chi connectivity index (χ1v) is 12.7.